The predicted molar refractivity (Wildman–Crippen MR) is 96.8 cm³/mol. The zero-order chi connectivity index (χ0) is 18.3. The van der Waals surface area contributed by atoms with Gasteiger partial charge in [0.1, 0.15) is 18.0 Å². The lowest BCUT2D eigenvalue weighted by Crippen LogP contribution is -2.33. The molecule has 1 N–H and O–H groups in total. The number of fused-ring (bicyclic) bond motifs is 1. The van der Waals surface area contributed by atoms with Crippen molar-refractivity contribution >= 4 is 11.5 Å². The fourth-order valence-corrected chi connectivity index (χ4v) is 3.61. The third kappa shape index (κ3) is 3.11. The summed E-state index contributed by atoms with van der Waals surface area (Å²) in [5.74, 6) is 1.20. The zero-order valence-electron chi connectivity index (χ0n) is 15.0. The molecule has 0 bridgehead atoms. The molecule has 0 spiro atoms. The molecule has 0 radical (unpaired) electrons. The molecule has 7 heteroatoms. The Morgan fingerprint density at radius 1 is 1.38 bits per heavy atom. The van der Waals surface area contributed by atoms with E-state index in [1.54, 1.807) is 6.08 Å². The van der Waals surface area contributed by atoms with Crippen LogP contribution in [-0.2, 0) is 4.74 Å². The minimum Gasteiger partial charge on any atom is -0.488 e. The van der Waals surface area contributed by atoms with Crippen LogP contribution in [0.15, 0.2) is 40.6 Å². The first kappa shape index (κ1) is 17.1. The van der Waals surface area contributed by atoms with Crippen molar-refractivity contribution < 1.29 is 14.2 Å². The molecule has 4 rings (SSSR count). The maximum Gasteiger partial charge on any atom is 0.151 e. The van der Waals surface area contributed by atoms with Crippen molar-refractivity contribution in [2.45, 2.75) is 38.8 Å². The van der Waals surface area contributed by atoms with Gasteiger partial charge in [0.05, 0.1) is 23.6 Å². The summed E-state index contributed by atoms with van der Waals surface area (Å²) in [5, 5.41) is 9.33. The van der Waals surface area contributed by atoms with Gasteiger partial charge in [0.15, 0.2) is 5.76 Å². The Morgan fingerprint density at radius 3 is 2.96 bits per heavy atom. The van der Waals surface area contributed by atoms with Crippen LogP contribution in [0.5, 0.6) is 0 Å². The van der Waals surface area contributed by atoms with Crippen LogP contribution >= 0.6 is 0 Å². The molecule has 0 saturated carbocycles. The molecule has 2 unspecified atom stereocenters. The van der Waals surface area contributed by atoms with Crippen molar-refractivity contribution in [3.8, 4) is 0 Å². The van der Waals surface area contributed by atoms with E-state index in [4.69, 9.17) is 4.74 Å². The fraction of sp³-hybridized carbons (Fsp3) is 0.526. The molecule has 2 aliphatic heterocycles. The highest BCUT2D eigenvalue weighted by Crippen LogP contribution is 2.37. The molecule has 0 amide bonds. The molecule has 138 valence electrons. The minimum absolute atomic E-state index is 0.0788. The van der Waals surface area contributed by atoms with Gasteiger partial charge in [0, 0.05) is 43.7 Å². The van der Waals surface area contributed by atoms with Gasteiger partial charge in [-0.15, -0.1) is 0 Å². The zero-order valence-corrected chi connectivity index (χ0v) is 15.0. The van der Waals surface area contributed by atoms with Gasteiger partial charge >= 0.3 is 0 Å². The van der Waals surface area contributed by atoms with Crippen molar-refractivity contribution in [1.29, 1.82) is 0 Å². The standard InChI is InChI=1S/C19H23FN4O2/c1-11(2)26-17-5-13-15(6-14(17)20)23-19(13)16-7-18(22-10-21-16)24-4-3-12(8-24)9-25/h5,7,10-12,15,25H,3-4,6,8-9H2,1-2H3. The first-order valence-electron chi connectivity index (χ1n) is 9.08. The quantitative estimate of drug-likeness (QED) is 0.875. The molecular weight excluding hydrogens is 335 g/mol. The molecule has 0 aromatic carbocycles. The fourth-order valence-electron chi connectivity index (χ4n) is 3.61. The van der Waals surface area contributed by atoms with Crippen LogP contribution in [0.2, 0.25) is 0 Å². The van der Waals surface area contributed by atoms with E-state index in [0.717, 1.165) is 42.3 Å². The van der Waals surface area contributed by atoms with Crippen LogP contribution in [-0.4, -0.2) is 52.6 Å². The molecule has 1 fully saturated rings. The van der Waals surface area contributed by atoms with E-state index < -0.39 is 0 Å². The van der Waals surface area contributed by atoms with E-state index >= 15 is 0 Å². The van der Waals surface area contributed by atoms with Crippen LogP contribution in [0.4, 0.5) is 10.2 Å². The Morgan fingerprint density at radius 2 is 2.23 bits per heavy atom. The Kier molecular flexibility index (Phi) is 4.48. The summed E-state index contributed by atoms with van der Waals surface area (Å²) in [6, 6.07) is 1.78. The van der Waals surface area contributed by atoms with E-state index in [0.29, 0.717) is 11.7 Å². The molecule has 1 aromatic heterocycles. The highest BCUT2D eigenvalue weighted by Gasteiger charge is 2.36. The summed E-state index contributed by atoms with van der Waals surface area (Å²) in [6.07, 6.45) is 4.43. The van der Waals surface area contributed by atoms with E-state index in [2.05, 4.69) is 19.9 Å². The maximum absolute atomic E-state index is 14.1. The number of aliphatic hydroxyl groups excluding tert-OH is 1. The van der Waals surface area contributed by atoms with Crippen molar-refractivity contribution in [2.75, 3.05) is 24.6 Å². The van der Waals surface area contributed by atoms with Crippen LogP contribution < -0.4 is 4.90 Å². The smallest absolute Gasteiger partial charge is 0.151 e. The summed E-state index contributed by atoms with van der Waals surface area (Å²) < 4.78 is 19.7. The SMILES string of the molecule is CC(C)OC1=C(F)CC2N=C(c3cc(N4CCC(CO)C4)ncn3)C2=C1. The van der Waals surface area contributed by atoms with Gasteiger partial charge in [-0.1, -0.05) is 0 Å². The lowest BCUT2D eigenvalue weighted by Gasteiger charge is -2.31. The average Bonchev–Trinajstić information content (AvgIpc) is 3.09. The molecule has 3 heterocycles. The number of hydrogen-bond donors (Lipinski definition) is 1. The number of aromatic nitrogens is 2. The third-order valence-electron chi connectivity index (χ3n) is 4.97. The second-order valence-corrected chi connectivity index (χ2v) is 7.28. The van der Waals surface area contributed by atoms with Crippen LogP contribution in [0.1, 0.15) is 32.4 Å². The van der Waals surface area contributed by atoms with Crippen molar-refractivity contribution in [3.05, 3.63) is 41.3 Å². The van der Waals surface area contributed by atoms with Crippen molar-refractivity contribution in [2.24, 2.45) is 10.9 Å². The highest BCUT2D eigenvalue weighted by molar-refractivity contribution is 6.17. The molecule has 1 saturated heterocycles. The maximum atomic E-state index is 14.1. The number of aliphatic hydroxyl groups is 1. The highest BCUT2D eigenvalue weighted by atomic mass is 19.1. The molecule has 1 aliphatic carbocycles. The topological polar surface area (TPSA) is 70.8 Å². The Balaban J connectivity index is 1.56. The monoisotopic (exact) mass is 358 g/mol. The van der Waals surface area contributed by atoms with Crippen LogP contribution in [0.3, 0.4) is 0 Å². The summed E-state index contributed by atoms with van der Waals surface area (Å²) >= 11 is 0. The second-order valence-electron chi connectivity index (χ2n) is 7.28. The molecule has 3 aliphatic rings. The number of ether oxygens (including phenoxy) is 1. The molecule has 2 atom stereocenters. The largest absolute Gasteiger partial charge is 0.488 e. The van der Waals surface area contributed by atoms with E-state index in [1.807, 2.05) is 19.9 Å². The van der Waals surface area contributed by atoms with Crippen molar-refractivity contribution in [3.63, 3.8) is 0 Å². The molecule has 26 heavy (non-hydrogen) atoms. The first-order chi connectivity index (χ1) is 12.5. The van der Waals surface area contributed by atoms with Gasteiger partial charge in [-0.25, -0.2) is 14.4 Å². The number of halogens is 1. The van der Waals surface area contributed by atoms with E-state index in [9.17, 15) is 9.50 Å². The number of rotatable bonds is 5. The van der Waals surface area contributed by atoms with Gasteiger partial charge in [-0.3, -0.25) is 4.99 Å². The minimum atomic E-state index is -0.245. The lowest BCUT2D eigenvalue weighted by atomic mass is 9.86. The second kappa shape index (κ2) is 6.79. The van der Waals surface area contributed by atoms with Crippen LogP contribution in [0, 0.1) is 5.92 Å². The van der Waals surface area contributed by atoms with Gasteiger partial charge in [0.2, 0.25) is 0 Å². The Bertz CT molecular complexity index is 802. The number of allylic oxidation sites excluding steroid dienone is 1. The van der Waals surface area contributed by atoms with Gasteiger partial charge in [0.25, 0.3) is 0 Å². The van der Waals surface area contributed by atoms with Gasteiger partial charge in [-0.05, 0) is 26.3 Å². The predicted octanol–water partition coefficient (Wildman–Crippen LogP) is 2.40. The normalized spacial score (nSPS) is 25.0. The summed E-state index contributed by atoms with van der Waals surface area (Å²) in [5.41, 5.74) is 2.51. The number of hydrogen-bond acceptors (Lipinski definition) is 6. The summed E-state index contributed by atoms with van der Waals surface area (Å²) in [6.45, 7) is 5.64. The Labute approximate surface area is 152 Å². The van der Waals surface area contributed by atoms with Gasteiger partial charge < -0.3 is 14.7 Å². The van der Waals surface area contributed by atoms with Gasteiger partial charge in [-0.2, -0.15) is 0 Å². The van der Waals surface area contributed by atoms with E-state index in [1.165, 1.54) is 6.33 Å². The molecular formula is C19H23FN4O2. The summed E-state index contributed by atoms with van der Waals surface area (Å²) in [4.78, 5) is 15.4. The van der Waals surface area contributed by atoms with E-state index in [-0.39, 0.29) is 31.0 Å². The number of nitrogens with zero attached hydrogens (tertiary/aromatic N) is 4. The Hall–Kier alpha value is -2.28. The molecule has 6 nitrogen and oxygen atoms in total. The van der Waals surface area contributed by atoms with Crippen LogP contribution in [0.25, 0.3) is 0 Å². The lowest BCUT2D eigenvalue weighted by molar-refractivity contribution is 0.146. The average molecular weight is 358 g/mol. The van der Waals surface area contributed by atoms with Crippen molar-refractivity contribution in [1.82, 2.24) is 9.97 Å². The first-order valence-corrected chi connectivity index (χ1v) is 9.08. The number of aliphatic imine (C=N–C) groups is 1. The number of anilines is 1. The summed E-state index contributed by atoms with van der Waals surface area (Å²) in [7, 11) is 0. The molecule has 1 aromatic rings. The third-order valence-corrected chi connectivity index (χ3v) is 4.97.